The Morgan fingerprint density at radius 1 is 1.00 bits per heavy atom. The molecule has 0 saturated heterocycles. The van der Waals surface area contributed by atoms with Crippen LogP contribution in [-0.4, -0.2) is 31.4 Å². The van der Waals surface area contributed by atoms with Crippen molar-refractivity contribution in [2.75, 3.05) is 20.6 Å². The molecular weight excluding hydrogens is 236 g/mol. The van der Waals surface area contributed by atoms with Crippen molar-refractivity contribution in [2.45, 2.75) is 64.7 Å². The summed E-state index contributed by atoms with van der Waals surface area (Å²) in [5.74, 6) is -0.168. The van der Waals surface area contributed by atoms with Crippen LogP contribution in [0, 0.1) is 0 Å². The van der Waals surface area contributed by atoms with Gasteiger partial charge in [-0.25, -0.2) is 0 Å². The smallest absolute Gasteiger partial charge is 0.217 e. The molecule has 0 saturated carbocycles. The van der Waals surface area contributed by atoms with Crippen molar-refractivity contribution < 1.29 is 4.79 Å². The van der Waals surface area contributed by atoms with Crippen molar-refractivity contribution in [3.63, 3.8) is 0 Å². The highest BCUT2D eigenvalue weighted by molar-refractivity contribution is 5.73. The van der Waals surface area contributed by atoms with Gasteiger partial charge >= 0.3 is 0 Å². The van der Waals surface area contributed by atoms with Crippen molar-refractivity contribution in [3.05, 3.63) is 11.6 Å². The summed E-state index contributed by atoms with van der Waals surface area (Å²) in [6, 6.07) is 0. The number of hydrogen-bond acceptors (Lipinski definition) is 2. The van der Waals surface area contributed by atoms with Gasteiger partial charge in [-0.2, -0.15) is 0 Å². The first-order chi connectivity index (χ1) is 9.02. The highest BCUT2D eigenvalue weighted by Crippen LogP contribution is 2.12. The van der Waals surface area contributed by atoms with Gasteiger partial charge in [0.1, 0.15) is 0 Å². The highest BCUT2D eigenvalue weighted by atomic mass is 16.1. The first kappa shape index (κ1) is 18.2. The van der Waals surface area contributed by atoms with Crippen LogP contribution in [0.15, 0.2) is 11.6 Å². The minimum atomic E-state index is -0.168. The van der Waals surface area contributed by atoms with Gasteiger partial charge in [0.05, 0.1) is 0 Å². The standard InChI is InChI=1S/C16H32N2O/c1-15(12-10-14-18(2)3)11-8-6-4-5-7-9-13-16(17)19/h12H,4-11,13-14H2,1-3H3,(H2,17,19). The van der Waals surface area contributed by atoms with Crippen molar-refractivity contribution in [1.29, 1.82) is 0 Å². The highest BCUT2D eigenvalue weighted by Gasteiger charge is 1.96. The van der Waals surface area contributed by atoms with E-state index in [1.165, 1.54) is 37.7 Å². The summed E-state index contributed by atoms with van der Waals surface area (Å²) in [4.78, 5) is 12.8. The maximum absolute atomic E-state index is 10.6. The zero-order valence-corrected chi connectivity index (χ0v) is 13.1. The third kappa shape index (κ3) is 15.1. The average molecular weight is 268 g/mol. The molecule has 1 amide bonds. The normalized spacial score (nSPS) is 12.1. The first-order valence-electron chi connectivity index (χ1n) is 7.61. The molecule has 0 rings (SSSR count). The molecule has 0 aromatic rings. The van der Waals surface area contributed by atoms with Crippen LogP contribution in [0.5, 0.6) is 0 Å². The second kappa shape index (κ2) is 12.2. The molecule has 3 heteroatoms. The number of unbranched alkanes of at least 4 members (excludes halogenated alkanes) is 5. The molecule has 0 aliphatic rings. The molecule has 0 atom stereocenters. The molecule has 0 aromatic heterocycles. The van der Waals surface area contributed by atoms with Gasteiger partial charge in [0.25, 0.3) is 0 Å². The van der Waals surface area contributed by atoms with Crippen LogP contribution in [0.25, 0.3) is 0 Å². The summed E-state index contributed by atoms with van der Waals surface area (Å²) in [7, 11) is 4.23. The molecule has 0 fully saturated rings. The molecule has 0 bridgehead atoms. The van der Waals surface area contributed by atoms with E-state index in [1.54, 1.807) is 0 Å². The summed E-state index contributed by atoms with van der Waals surface area (Å²) in [6.45, 7) is 3.37. The lowest BCUT2D eigenvalue weighted by Crippen LogP contribution is -2.11. The Balaban J connectivity index is 3.31. The van der Waals surface area contributed by atoms with E-state index in [0.717, 1.165) is 25.8 Å². The number of carbonyl (C=O) groups is 1. The zero-order valence-electron chi connectivity index (χ0n) is 13.1. The van der Waals surface area contributed by atoms with Gasteiger partial charge in [0, 0.05) is 13.0 Å². The summed E-state index contributed by atoms with van der Waals surface area (Å²) in [5.41, 5.74) is 6.62. The molecule has 0 unspecified atom stereocenters. The third-order valence-corrected chi connectivity index (χ3v) is 3.31. The van der Waals surface area contributed by atoms with Gasteiger partial charge < -0.3 is 10.6 Å². The second-order valence-electron chi connectivity index (χ2n) is 5.73. The molecule has 19 heavy (non-hydrogen) atoms. The average Bonchev–Trinajstić information content (AvgIpc) is 2.31. The molecule has 2 N–H and O–H groups in total. The lowest BCUT2D eigenvalue weighted by Gasteiger charge is -2.07. The fourth-order valence-corrected chi connectivity index (χ4v) is 2.08. The van der Waals surface area contributed by atoms with E-state index < -0.39 is 0 Å². The number of amides is 1. The van der Waals surface area contributed by atoms with Crippen LogP contribution in [0.3, 0.4) is 0 Å². The summed E-state index contributed by atoms with van der Waals surface area (Å²) >= 11 is 0. The molecule has 0 radical (unpaired) electrons. The van der Waals surface area contributed by atoms with Crippen molar-refractivity contribution in [1.82, 2.24) is 4.90 Å². The van der Waals surface area contributed by atoms with Crippen LogP contribution in [0.1, 0.15) is 64.7 Å². The summed E-state index contributed by atoms with van der Waals surface area (Å²) in [6.07, 6.45) is 12.5. The second-order valence-corrected chi connectivity index (χ2v) is 5.73. The van der Waals surface area contributed by atoms with E-state index in [0.29, 0.717) is 6.42 Å². The number of allylic oxidation sites excluding steroid dienone is 1. The third-order valence-electron chi connectivity index (χ3n) is 3.31. The predicted octanol–water partition coefficient (Wildman–Crippen LogP) is 3.49. The summed E-state index contributed by atoms with van der Waals surface area (Å²) < 4.78 is 0. The van der Waals surface area contributed by atoms with Crippen LogP contribution >= 0.6 is 0 Å². The van der Waals surface area contributed by atoms with Crippen LogP contribution in [0.2, 0.25) is 0 Å². The molecule has 112 valence electrons. The zero-order chi connectivity index (χ0) is 14.5. The monoisotopic (exact) mass is 268 g/mol. The fraction of sp³-hybridized carbons (Fsp3) is 0.812. The molecule has 0 aliphatic heterocycles. The Morgan fingerprint density at radius 2 is 1.53 bits per heavy atom. The Kier molecular flexibility index (Phi) is 11.7. The van der Waals surface area contributed by atoms with Gasteiger partial charge in [-0.1, -0.05) is 37.3 Å². The SMILES string of the molecule is CC(=CCCN(C)C)CCCCCCCCC(N)=O. The lowest BCUT2D eigenvalue weighted by molar-refractivity contribution is -0.118. The number of hydrogen-bond donors (Lipinski definition) is 1. The topological polar surface area (TPSA) is 46.3 Å². The lowest BCUT2D eigenvalue weighted by atomic mass is 10.0. The van der Waals surface area contributed by atoms with Crippen LogP contribution in [0.4, 0.5) is 0 Å². The van der Waals surface area contributed by atoms with Gasteiger partial charge in [0.15, 0.2) is 0 Å². The molecule has 0 spiro atoms. The van der Waals surface area contributed by atoms with Gasteiger partial charge in [-0.3, -0.25) is 4.79 Å². The van der Waals surface area contributed by atoms with Gasteiger partial charge in [-0.05, 0) is 46.7 Å². The van der Waals surface area contributed by atoms with E-state index in [1.807, 2.05) is 0 Å². The quantitative estimate of drug-likeness (QED) is 0.435. The van der Waals surface area contributed by atoms with Crippen LogP contribution < -0.4 is 5.73 Å². The Hall–Kier alpha value is -0.830. The predicted molar refractivity (Wildman–Crippen MR) is 83.1 cm³/mol. The van der Waals surface area contributed by atoms with E-state index in [4.69, 9.17) is 5.73 Å². The van der Waals surface area contributed by atoms with E-state index in [9.17, 15) is 4.79 Å². The Labute approximate surface area is 119 Å². The molecule has 0 aromatic carbocycles. The van der Waals surface area contributed by atoms with Crippen molar-refractivity contribution >= 4 is 5.91 Å². The molecule has 0 aliphatic carbocycles. The minimum Gasteiger partial charge on any atom is -0.370 e. The Bertz CT molecular complexity index is 259. The van der Waals surface area contributed by atoms with Gasteiger partial charge in [0.2, 0.25) is 5.91 Å². The fourth-order valence-electron chi connectivity index (χ4n) is 2.08. The van der Waals surface area contributed by atoms with Crippen molar-refractivity contribution in [2.24, 2.45) is 5.73 Å². The molecule has 3 nitrogen and oxygen atoms in total. The molecule has 0 heterocycles. The van der Waals surface area contributed by atoms with E-state index in [2.05, 4.69) is 32.0 Å². The van der Waals surface area contributed by atoms with Crippen molar-refractivity contribution in [3.8, 4) is 0 Å². The number of rotatable bonds is 12. The van der Waals surface area contributed by atoms with E-state index in [-0.39, 0.29) is 5.91 Å². The maximum Gasteiger partial charge on any atom is 0.217 e. The maximum atomic E-state index is 10.6. The number of primary amides is 1. The van der Waals surface area contributed by atoms with E-state index >= 15 is 0 Å². The molecular formula is C16H32N2O. The van der Waals surface area contributed by atoms with Crippen LogP contribution in [-0.2, 0) is 4.79 Å². The minimum absolute atomic E-state index is 0.168. The van der Waals surface area contributed by atoms with Gasteiger partial charge in [-0.15, -0.1) is 0 Å². The number of carbonyl (C=O) groups excluding carboxylic acids is 1. The summed E-state index contributed by atoms with van der Waals surface area (Å²) in [5, 5.41) is 0. The largest absolute Gasteiger partial charge is 0.370 e. The first-order valence-corrected chi connectivity index (χ1v) is 7.61. The Morgan fingerprint density at radius 3 is 2.05 bits per heavy atom. The number of nitrogens with two attached hydrogens (primary N) is 1. The number of nitrogens with zero attached hydrogens (tertiary/aromatic N) is 1.